The quantitative estimate of drug-likeness (QED) is 0.785. The van der Waals surface area contributed by atoms with Crippen molar-refractivity contribution in [3.63, 3.8) is 0 Å². The predicted octanol–water partition coefficient (Wildman–Crippen LogP) is 1.23. The lowest BCUT2D eigenvalue weighted by molar-refractivity contribution is -0.125. The van der Waals surface area contributed by atoms with Gasteiger partial charge in [-0.3, -0.25) is 4.79 Å². The van der Waals surface area contributed by atoms with Gasteiger partial charge in [-0.05, 0) is 42.9 Å². The zero-order valence-corrected chi connectivity index (χ0v) is 12.0. The molecule has 1 amide bonds. The van der Waals surface area contributed by atoms with E-state index in [0.717, 1.165) is 24.8 Å². The normalized spacial score (nSPS) is 17.4. The van der Waals surface area contributed by atoms with E-state index in [0.29, 0.717) is 11.5 Å². The van der Waals surface area contributed by atoms with E-state index in [1.807, 2.05) is 18.2 Å². The molecular formula is C15H22N2O3. The standard InChI is InChI=1S/C15H22N2O3/c1-3-10-4-7-12(13(8-10)19-2)20-9-15(17,14(16)18)11-5-6-11/h4,7-8,11H,3,5-6,9,17H2,1-2H3,(H2,16,18). The molecule has 0 spiro atoms. The van der Waals surface area contributed by atoms with E-state index in [9.17, 15) is 4.79 Å². The molecule has 4 N–H and O–H groups in total. The maximum Gasteiger partial charge on any atom is 0.241 e. The van der Waals surface area contributed by atoms with Gasteiger partial charge in [0.1, 0.15) is 12.1 Å². The number of aryl methyl sites for hydroxylation is 1. The first kappa shape index (κ1) is 14.7. The number of methoxy groups -OCH3 is 1. The number of amides is 1. The number of ether oxygens (including phenoxy) is 2. The molecule has 1 aliphatic rings. The molecule has 5 nitrogen and oxygen atoms in total. The van der Waals surface area contributed by atoms with Crippen molar-refractivity contribution in [2.24, 2.45) is 17.4 Å². The summed E-state index contributed by atoms with van der Waals surface area (Å²) in [4.78, 5) is 11.6. The molecule has 0 bridgehead atoms. The Labute approximate surface area is 119 Å². The average Bonchev–Trinajstić information content (AvgIpc) is 3.29. The summed E-state index contributed by atoms with van der Waals surface area (Å²) >= 11 is 0. The third kappa shape index (κ3) is 2.88. The van der Waals surface area contributed by atoms with Crippen LogP contribution in [-0.2, 0) is 11.2 Å². The van der Waals surface area contributed by atoms with Gasteiger partial charge in [-0.2, -0.15) is 0 Å². The van der Waals surface area contributed by atoms with E-state index >= 15 is 0 Å². The molecule has 0 radical (unpaired) electrons. The van der Waals surface area contributed by atoms with Crippen LogP contribution in [0.15, 0.2) is 18.2 Å². The third-order valence-corrected chi connectivity index (χ3v) is 3.87. The molecule has 0 aromatic heterocycles. The highest BCUT2D eigenvalue weighted by atomic mass is 16.5. The summed E-state index contributed by atoms with van der Waals surface area (Å²) in [7, 11) is 1.59. The fourth-order valence-electron chi connectivity index (χ4n) is 2.24. The van der Waals surface area contributed by atoms with Crippen LogP contribution in [0, 0.1) is 5.92 Å². The van der Waals surface area contributed by atoms with Gasteiger partial charge in [0.15, 0.2) is 11.5 Å². The first-order valence-corrected chi connectivity index (χ1v) is 6.89. The number of benzene rings is 1. The largest absolute Gasteiger partial charge is 0.493 e. The van der Waals surface area contributed by atoms with E-state index < -0.39 is 11.4 Å². The molecule has 1 atom stereocenters. The number of primary amides is 1. The Morgan fingerprint density at radius 3 is 2.60 bits per heavy atom. The van der Waals surface area contributed by atoms with Gasteiger partial charge < -0.3 is 20.9 Å². The number of hydrogen-bond acceptors (Lipinski definition) is 4. The van der Waals surface area contributed by atoms with Gasteiger partial charge in [-0.1, -0.05) is 13.0 Å². The number of carbonyl (C=O) groups is 1. The van der Waals surface area contributed by atoms with Crippen molar-refractivity contribution in [1.82, 2.24) is 0 Å². The monoisotopic (exact) mass is 278 g/mol. The van der Waals surface area contributed by atoms with Gasteiger partial charge >= 0.3 is 0 Å². The van der Waals surface area contributed by atoms with Crippen molar-refractivity contribution in [2.45, 2.75) is 31.7 Å². The van der Waals surface area contributed by atoms with Gasteiger partial charge in [-0.25, -0.2) is 0 Å². The van der Waals surface area contributed by atoms with Crippen molar-refractivity contribution in [3.8, 4) is 11.5 Å². The van der Waals surface area contributed by atoms with E-state index in [4.69, 9.17) is 20.9 Å². The third-order valence-electron chi connectivity index (χ3n) is 3.87. The van der Waals surface area contributed by atoms with E-state index in [1.165, 1.54) is 0 Å². The molecule has 1 aromatic rings. The van der Waals surface area contributed by atoms with Crippen LogP contribution >= 0.6 is 0 Å². The Balaban J connectivity index is 2.11. The summed E-state index contributed by atoms with van der Waals surface area (Å²) in [5, 5.41) is 0. The van der Waals surface area contributed by atoms with Gasteiger partial charge in [0.2, 0.25) is 5.91 Å². The lowest BCUT2D eigenvalue weighted by atomic mass is 9.95. The highest BCUT2D eigenvalue weighted by molar-refractivity contribution is 5.85. The summed E-state index contributed by atoms with van der Waals surface area (Å²) < 4.78 is 11.0. The van der Waals surface area contributed by atoms with Crippen LogP contribution in [0.25, 0.3) is 0 Å². The minimum atomic E-state index is -1.09. The van der Waals surface area contributed by atoms with E-state index in [-0.39, 0.29) is 12.5 Å². The first-order valence-electron chi connectivity index (χ1n) is 6.89. The second-order valence-corrected chi connectivity index (χ2v) is 5.31. The highest BCUT2D eigenvalue weighted by Gasteiger charge is 2.47. The van der Waals surface area contributed by atoms with Crippen LogP contribution in [0.3, 0.4) is 0 Å². The van der Waals surface area contributed by atoms with Gasteiger partial charge in [0.25, 0.3) is 0 Å². The fraction of sp³-hybridized carbons (Fsp3) is 0.533. The van der Waals surface area contributed by atoms with Gasteiger partial charge in [-0.15, -0.1) is 0 Å². The Kier molecular flexibility index (Phi) is 4.18. The summed E-state index contributed by atoms with van der Waals surface area (Å²) in [6.45, 7) is 2.15. The van der Waals surface area contributed by atoms with Crippen molar-refractivity contribution in [2.75, 3.05) is 13.7 Å². The average molecular weight is 278 g/mol. The lowest BCUT2D eigenvalue weighted by Crippen LogP contribution is -2.58. The molecule has 110 valence electrons. The van der Waals surface area contributed by atoms with Crippen molar-refractivity contribution >= 4 is 5.91 Å². The molecule has 1 aromatic carbocycles. The summed E-state index contributed by atoms with van der Waals surface area (Å²) in [6, 6.07) is 5.73. The summed E-state index contributed by atoms with van der Waals surface area (Å²) in [6.07, 6.45) is 2.77. The molecular weight excluding hydrogens is 256 g/mol. The number of rotatable bonds is 7. The van der Waals surface area contributed by atoms with Crippen LogP contribution in [0.2, 0.25) is 0 Å². The maximum atomic E-state index is 11.6. The molecule has 0 saturated heterocycles. The van der Waals surface area contributed by atoms with Crippen LogP contribution in [-0.4, -0.2) is 25.2 Å². The zero-order chi connectivity index (χ0) is 14.8. The summed E-state index contributed by atoms with van der Waals surface area (Å²) in [5.74, 6) is 0.846. The van der Waals surface area contributed by atoms with Crippen molar-refractivity contribution in [1.29, 1.82) is 0 Å². The van der Waals surface area contributed by atoms with Gasteiger partial charge in [0, 0.05) is 0 Å². The Bertz CT molecular complexity index is 500. The second-order valence-electron chi connectivity index (χ2n) is 5.31. The number of nitrogens with two attached hydrogens (primary N) is 2. The topological polar surface area (TPSA) is 87.6 Å². The zero-order valence-electron chi connectivity index (χ0n) is 12.0. The van der Waals surface area contributed by atoms with E-state index in [1.54, 1.807) is 7.11 Å². The number of carbonyl (C=O) groups excluding carboxylic acids is 1. The molecule has 0 heterocycles. The molecule has 1 aliphatic carbocycles. The summed E-state index contributed by atoms with van der Waals surface area (Å²) in [5.41, 5.74) is 11.6. The molecule has 5 heteroatoms. The number of hydrogen-bond donors (Lipinski definition) is 2. The molecule has 1 saturated carbocycles. The van der Waals surface area contributed by atoms with Crippen molar-refractivity contribution in [3.05, 3.63) is 23.8 Å². The fourth-order valence-corrected chi connectivity index (χ4v) is 2.24. The molecule has 2 rings (SSSR count). The first-order chi connectivity index (χ1) is 9.51. The smallest absolute Gasteiger partial charge is 0.241 e. The van der Waals surface area contributed by atoms with E-state index in [2.05, 4.69) is 6.92 Å². The minimum absolute atomic E-state index is 0.0782. The van der Waals surface area contributed by atoms with Crippen LogP contribution in [0.5, 0.6) is 11.5 Å². The maximum absolute atomic E-state index is 11.6. The van der Waals surface area contributed by atoms with Crippen LogP contribution in [0.1, 0.15) is 25.3 Å². The Morgan fingerprint density at radius 1 is 1.40 bits per heavy atom. The van der Waals surface area contributed by atoms with Crippen LogP contribution in [0.4, 0.5) is 0 Å². The second kappa shape index (κ2) is 5.71. The molecule has 0 aliphatic heterocycles. The minimum Gasteiger partial charge on any atom is -0.493 e. The highest BCUT2D eigenvalue weighted by Crippen LogP contribution is 2.39. The Hall–Kier alpha value is -1.75. The molecule has 1 fully saturated rings. The Morgan fingerprint density at radius 2 is 2.10 bits per heavy atom. The van der Waals surface area contributed by atoms with Crippen molar-refractivity contribution < 1.29 is 14.3 Å². The predicted molar refractivity (Wildman–Crippen MR) is 76.7 cm³/mol. The van der Waals surface area contributed by atoms with Crippen LogP contribution < -0.4 is 20.9 Å². The van der Waals surface area contributed by atoms with Gasteiger partial charge in [0.05, 0.1) is 7.11 Å². The lowest BCUT2D eigenvalue weighted by Gasteiger charge is -2.26. The molecule has 1 unspecified atom stereocenters. The molecule has 20 heavy (non-hydrogen) atoms. The SMILES string of the molecule is CCc1ccc(OCC(N)(C(N)=O)C2CC2)c(OC)c1.